The molecular weight excluding hydrogens is 383 g/mol. The Balaban J connectivity index is 1.78. The molecule has 4 nitrogen and oxygen atoms in total. The van der Waals surface area contributed by atoms with Gasteiger partial charge in [0.05, 0.1) is 11.6 Å². The highest BCUT2D eigenvalue weighted by Crippen LogP contribution is 2.51. The van der Waals surface area contributed by atoms with Gasteiger partial charge in [0, 0.05) is 22.1 Å². The summed E-state index contributed by atoms with van der Waals surface area (Å²) in [5.41, 5.74) is 3.36. The van der Waals surface area contributed by atoms with Crippen molar-refractivity contribution in [3.63, 3.8) is 0 Å². The molecule has 0 saturated carbocycles. The fraction of sp³-hybridized carbons (Fsp3) is 0.318. The number of aliphatic hydroxyl groups excluding tert-OH is 2. The summed E-state index contributed by atoms with van der Waals surface area (Å²) in [6.45, 7) is 3.57. The van der Waals surface area contributed by atoms with Crippen LogP contribution in [0.3, 0.4) is 0 Å². The molecule has 2 aliphatic carbocycles. The predicted octanol–water partition coefficient (Wildman–Crippen LogP) is 3.69. The van der Waals surface area contributed by atoms with E-state index in [1.807, 2.05) is 13.8 Å². The van der Waals surface area contributed by atoms with E-state index in [0.717, 1.165) is 11.1 Å². The van der Waals surface area contributed by atoms with Crippen LogP contribution < -0.4 is 4.74 Å². The molecule has 6 heteroatoms. The Hall–Kier alpha value is -2.21. The Morgan fingerprint density at radius 1 is 1.25 bits per heavy atom. The van der Waals surface area contributed by atoms with E-state index in [4.69, 9.17) is 21.4 Å². The molecule has 2 aliphatic rings. The molecule has 0 amide bonds. The van der Waals surface area contributed by atoms with Crippen molar-refractivity contribution in [1.29, 1.82) is 0 Å². The molecule has 2 aromatic rings. The zero-order chi connectivity index (χ0) is 20.2. The maximum absolute atomic E-state index is 14.6. The van der Waals surface area contributed by atoms with E-state index in [1.54, 1.807) is 24.3 Å². The predicted molar refractivity (Wildman–Crippen MR) is 104 cm³/mol. The Kier molecular flexibility index (Phi) is 4.57. The fourth-order valence-corrected chi connectivity index (χ4v) is 4.27. The minimum atomic E-state index is -0.975. The zero-order valence-electron chi connectivity index (χ0n) is 15.6. The van der Waals surface area contributed by atoms with E-state index in [1.165, 1.54) is 6.07 Å². The highest BCUT2D eigenvalue weighted by molar-refractivity contribution is 6.34. The lowest BCUT2D eigenvalue weighted by molar-refractivity contribution is 0.0535. The minimum absolute atomic E-state index is 0.0488. The van der Waals surface area contributed by atoms with Gasteiger partial charge in [0.25, 0.3) is 0 Å². The standard InChI is InChI=1S/C22H20ClFO4/c1-22(2)16-7-12(28-10-11(26)9-25)3-4-14(16)21(27)19-13-5-6-18(23)20(24)15(13)8-17(19)22/h3-7,11,25-26H,8-10H2,1-2H3/t11-/m1/s1. The Bertz CT molecular complexity index is 1030. The van der Waals surface area contributed by atoms with Crippen molar-refractivity contribution >= 4 is 23.0 Å². The molecule has 0 unspecified atom stereocenters. The maximum Gasteiger partial charge on any atom is 0.193 e. The van der Waals surface area contributed by atoms with Crippen molar-refractivity contribution in [3.05, 3.63) is 69.0 Å². The molecule has 0 saturated heterocycles. The number of allylic oxidation sites excluding steroid dienone is 2. The second-order valence-electron chi connectivity index (χ2n) is 7.73. The third-order valence-corrected chi connectivity index (χ3v) is 5.96. The number of hydrogen-bond donors (Lipinski definition) is 2. The topological polar surface area (TPSA) is 66.8 Å². The lowest BCUT2D eigenvalue weighted by atomic mass is 9.68. The Morgan fingerprint density at radius 2 is 1.96 bits per heavy atom. The van der Waals surface area contributed by atoms with E-state index >= 15 is 0 Å². The van der Waals surface area contributed by atoms with Gasteiger partial charge < -0.3 is 14.9 Å². The van der Waals surface area contributed by atoms with Gasteiger partial charge in [-0.3, -0.25) is 4.79 Å². The van der Waals surface area contributed by atoms with Gasteiger partial charge in [-0.2, -0.15) is 0 Å². The molecule has 4 rings (SSSR count). The summed E-state index contributed by atoms with van der Waals surface area (Å²) in [6, 6.07) is 8.36. The Morgan fingerprint density at radius 3 is 2.68 bits per heavy atom. The first-order chi connectivity index (χ1) is 13.3. The molecular formula is C22H20ClFO4. The number of Topliss-reactive ketones (excluding diaryl/α,β-unsaturated/α-hetero) is 1. The van der Waals surface area contributed by atoms with E-state index in [0.29, 0.717) is 34.4 Å². The number of carbonyl (C=O) groups is 1. The summed E-state index contributed by atoms with van der Waals surface area (Å²) in [5, 5.41) is 18.5. The monoisotopic (exact) mass is 402 g/mol. The summed E-state index contributed by atoms with van der Waals surface area (Å²) < 4.78 is 20.1. The van der Waals surface area contributed by atoms with Crippen LogP contribution in [-0.4, -0.2) is 35.3 Å². The molecule has 1 atom stereocenters. The Labute approximate surface area is 167 Å². The van der Waals surface area contributed by atoms with Gasteiger partial charge in [-0.25, -0.2) is 4.39 Å². The first kappa shape index (κ1) is 19.1. The summed E-state index contributed by atoms with van der Waals surface area (Å²) in [4.78, 5) is 13.2. The molecule has 2 aromatic carbocycles. The van der Waals surface area contributed by atoms with Crippen LogP contribution in [0.1, 0.15) is 40.9 Å². The third kappa shape index (κ3) is 2.77. The molecule has 146 valence electrons. The summed E-state index contributed by atoms with van der Waals surface area (Å²) >= 11 is 5.95. The normalized spacial score (nSPS) is 17.9. The van der Waals surface area contributed by atoms with E-state index in [9.17, 15) is 14.3 Å². The molecule has 28 heavy (non-hydrogen) atoms. The summed E-state index contributed by atoms with van der Waals surface area (Å²) in [7, 11) is 0. The van der Waals surface area contributed by atoms with E-state index in [2.05, 4.69) is 0 Å². The van der Waals surface area contributed by atoms with Gasteiger partial charge in [-0.05, 0) is 47.4 Å². The molecule has 0 bridgehead atoms. The summed E-state index contributed by atoms with van der Waals surface area (Å²) in [6.07, 6.45) is -0.638. The van der Waals surface area contributed by atoms with Crippen LogP contribution >= 0.6 is 11.6 Å². The number of ether oxygens (including phenoxy) is 1. The summed E-state index contributed by atoms with van der Waals surface area (Å²) in [5.74, 6) is -0.101. The lowest BCUT2D eigenvalue weighted by Gasteiger charge is -2.34. The number of rotatable bonds is 4. The van der Waals surface area contributed by atoms with E-state index < -0.39 is 23.9 Å². The number of ketones is 1. The smallest absolute Gasteiger partial charge is 0.193 e. The minimum Gasteiger partial charge on any atom is -0.491 e. The van der Waals surface area contributed by atoms with Gasteiger partial charge in [0.1, 0.15) is 24.3 Å². The molecule has 0 fully saturated rings. The average Bonchev–Trinajstić information content (AvgIpc) is 3.09. The lowest BCUT2D eigenvalue weighted by Crippen LogP contribution is -2.30. The molecule has 0 spiro atoms. The molecule has 2 N–H and O–H groups in total. The molecule has 0 aliphatic heterocycles. The quantitative estimate of drug-likeness (QED) is 0.818. The number of aliphatic hydroxyl groups is 2. The highest BCUT2D eigenvalue weighted by atomic mass is 35.5. The van der Waals surface area contributed by atoms with Gasteiger partial charge >= 0.3 is 0 Å². The first-order valence-corrected chi connectivity index (χ1v) is 9.45. The molecule has 0 aromatic heterocycles. The second-order valence-corrected chi connectivity index (χ2v) is 8.13. The van der Waals surface area contributed by atoms with Gasteiger partial charge in [0.2, 0.25) is 0 Å². The number of carbonyl (C=O) groups excluding carboxylic acids is 1. The van der Waals surface area contributed by atoms with Gasteiger partial charge in [0.15, 0.2) is 5.78 Å². The van der Waals surface area contributed by atoms with Crippen molar-refractivity contribution in [2.45, 2.75) is 31.8 Å². The van der Waals surface area contributed by atoms with E-state index in [-0.39, 0.29) is 17.4 Å². The van der Waals surface area contributed by atoms with Crippen LogP contribution in [0.5, 0.6) is 5.75 Å². The first-order valence-electron chi connectivity index (χ1n) is 9.07. The number of hydrogen-bond acceptors (Lipinski definition) is 4. The van der Waals surface area contributed by atoms with Crippen LogP contribution in [-0.2, 0) is 11.8 Å². The van der Waals surface area contributed by atoms with Crippen molar-refractivity contribution in [2.75, 3.05) is 13.2 Å². The van der Waals surface area contributed by atoms with Crippen LogP contribution in [0, 0.1) is 5.82 Å². The van der Waals surface area contributed by atoms with Gasteiger partial charge in [-0.1, -0.05) is 31.5 Å². The largest absolute Gasteiger partial charge is 0.491 e. The van der Waals surface area contributed by atoms with Crippen LogP contribution in [0.2, 0.25) is 5.02 Å². The fourth-order valence-electron chi connectivity index (χ4n) is 4.09. The second kappa shape index (κ2) is 6.69. The van der Waals surface area contributed by atoms with Crippen molar-refractivity contribution in [3.8, 4) is 5.75 Å². The SMILES string of the molecule is CC1(C)C2=C(C(=O)c3ccc(OC[C@H](O)CO)cc31)c1ccc(Cl)c(F)c1C2. The zero-order valence-corrected chi connectivity index (χ0v) is 16.3. The van der Waals surface area contributed by atoms with Gasteiger partial charge in [-0.15, -0.1) is 0 Å². The van der Waals surface area contributed by atoms with Crippen LogP contribution in [0.4, 0.5) is 4.39 Å². The maximum atomic E-state index is 14.6. The van der Waals surface area contributed by atoms with Crippen LogP contribution in [0.25, 0.3) is 5.57 Å². The third-order valence-electron chi connectivity index (χ3n) is 5.66. The molecule has 0 heterocycles. The number of fused-ring (bicyclic) bond motifs is 3. The highest BCUT2D eigenvalue weighted by Gasteiger charge is 2.43. The van der Waals surface area contributed by atoms with Crippen molar-refractivity contribution < 1.29 is 24.1 Å². The van der Waals surface area contributed by atoms with Crippen LogP contribution in [0.15, 0.2) is 35.9 Å². The number of halogens is 2. The molecule has 0 radical (unpaired) electrons. The van der Waals surface area contributed by atoms with Crippen molar-refractivity contribution in [2.24, 2.45) is 0 Å². The average molecular weight is 403 g/mol. The van der Waals surface area contributed by atoms with Crippen molar-refractivity contribution in [1.82, 2.24) is 0 Å². The number of benzene rings is 2.